The number of halogens is 7. The third-order valence-corrected chi connectivity index (χ3v) is 2.95. The van der Waals surface area contributed by atoms with Crippen LogP contribution < -0.4 is 0 Å². The molecule has 1 aliphatic heterocycles. The molecule has 120 valence electrons. The van der Waals surface area contributed by atoms with E-state index >= 15 is 0 Å². The van der Waals surface area contributed by atoms with Crippen molar-refractivity contribution < 1.29 is 40.2 Å². The Balaban J connectivity index is 2.32. The van der Waals surface area contributed by atoms with E-state index in [9.17, 15) is 30.7 Å². The molecule has 0 amide bonds. The highest BCUT2D eigenvalue weighted by Crippen LogP contribution is 2.48. The van der Waals surface area contributed by atoms with Gasteiger partial charge >= 0.3 is 18.0 Å². The van der Waals surface area contributed by atoms with Crippen LogP contribution in [-0.4, -0.2) is 44.4 Å². The lowest BCUT2D eigenvalue weighted by Crippen LogP contribution is -2.51. The molecule has 0 aromatic heterocycles. The minimum Gasteiger partial charge on any atom is -0.381 e. The number of alkyl halides is 7. The van der Waals surface area contributed by atoms with Crippen LogP contribution in [0.5, 0.6) is 0 Å². The molecule has 0 unspecified atom stereocenters. The molecule has 1 fully saturated rings. The van der Waals surface area contributed by atoms with Crippen LogP contribution in [-0.2, 0) is 9.47 Å². The highest BCUT2D eigenvalue weighted by molar-refractivity contribution is 4.90. The molecule has 1 aliphatic rings. The van der Waals surface area contributed by atoms with Crippen LogP contribution in [0.2, 0.25) is 0 Å². The lowest BCUT2D eigenvalue weighted by Gasteiger charge is -2.37. The van der Waals surface area contributed by atoms with Crippen LogP contribution >= 0.6 is 0 Å². The van der Waals surface area contributed by atoms with Crippen molar-refractivity contribution in [1.29, 1.82) is 0 Å². The quantitative estimate of drug-likeness (QED) is 0.528. The average Bonchev–Trinajstić information content (AvgIpc) is 2.24. The van der Waals surface area contributed by atoms with Gasteiger partial charge in [0.1, 0.15) is 0 Å². The number of hydrogen-bond acceptors (Lipinski definition) is 2. The van der Waals surface area contributed by atoms with Gasteiger partial charge in [0.15, 0.2) is 0 Å². The van der Waals surface area contributed by atoms with E-state index in [2.05, 4.69) is 0 Å². The molecule has 0 aromatic rings. The maximum absolute atomic E-state index is 12.9. The maximum atomic E-state index is 12.9. The van der Waals surface area contributed by atoms with E-state index in [1.54, 1.807) is 0 Å². The SMILES string of the molecule is CC1(COCCCC(F)(F)C(F)(F)C(F)(F)F)COC1. The third kappa shape index (κ3) is 3.75. The molecule has 0 bridgehead atoms. The Morgan fingerprint density at radius 2 is 1.60 bits per heavy atom. The normalized spacial score (nSPS) is 19.8. The van der Waals surface area contributed by atoms with Crippen molar-refractivity contribution in [3.05, 3.63) is 0 Å². The molecule has 1 heterocycles. The summed E-state index contributed by atoms with van der Waals surface area (Å²) in [5.74, 6) is -11.2. The average molecular weight is 312 g/mol. The van der Waals surface area contributed by atoms with Gasteiger partial charge in [-0.25, -0.2) is 0 Å². The van der Waals surface area contributed by atoms with Crippen molar-refractivity contribution in [3.8, 4) is 0 Å². The van der Waals surface area contributed by atoms with Gasteiger partial charge in [0.25, 0.3) is 0 Å². The van der Waals surface area contributed by atoms with E-state index in [0.29, 0.717) is 13.2 Å². The Hall–Kier alpha value is -0.570. The summed E-state index contributed by atoms with van der Waals surface area (Å²) >= 11 is 0. The van der Waals surface area contributed by atoms with Gasteiger partial charge in [0, 0.05) is 18.4 Å². The Labute approximate surface area is 111 Å². The molecule has 0 aromatic carbocycles. The Kier molecular flexibility index (Phi) is 4.95. The van der Waals surface area contributed by atoms with Crippen LogP contribution in [0.1, 0.15) is 19.8 Å². The van der Waals surface area contributed by atoms with Crippen molar-refractivity contribution in [3.63, 3.8) is 0 Å². The molecule has 0 saturated carbocycles. The fourth-order valence-electron chi connectivity index (χ4n) is 1.61. The Morgan fingerprint density at radius 3 is 2.00 bits per heavy atom. The molecule has 0 radical (unpaired) electrons. The summed E-state index contributed by atoms with van der Waals surface area (Å²) in [6, 6.07) is 0. The number of rotatable bonds is 7. The van der Waals surface area contributed by atoms with E-state index < -0.39 is 30.9 Å². The molecule has 20 heavy (non-hydrogen) atoms. The molecule has 1 saturated heterocycles. The summed E-state index contributed by atoms with van der Waals surface area (Å²) in [6.07, 6.45) is -8.45. The predicted octanol–water partition coefficient (Wildman–Crippen LogP) is 3.65. The van der Waals surface area contributed by atoms with Gasteiger partial charge in [-0.05, 0) is 6.42 Å². The van der Waals surface area contributed by atoms with Gasteiger partial charge in [-0.3, -0.25) is 0 Å². The minimum absolute atomic E-state index is 0.189. The monoisotopic (exact) mass is 312 g/mol. The van der Waals surface area contributed by atoms with Gasteiger partial charge in [0.2, 0.25) is 0 Å². The number of hydrogen-bond donors (Lipinski definition) is 0. The predicted molar refractivity (Wildman–Crippen MR) is 54.9 cm³/mol. The molecular weight excluding hydrogens is 297 g/mol. The van der Waals surface area contributed by atoms with Crippen molar-refractivity contribution >= 4 is 0 Å². The molecule has 0 N–H and O–H groups in total. The first kappa shape index (κ1) is 17.5. The van der Waals surface area contributed by atoms with Crippen molar-refractivity contribution in [2.24, 2.45) is 5.41 Å². The number of ether oxygens (including phenoxy) is 2. The Bertz CT molecular complexity index is 323. The fraction of sp³-hybridized carbons (Fsp3) is 1.00. The zero-order valence-electron chi connectivity index (χ0n) is 10.7. The largest absolute Gasteiger partial charge is 0.459 e. The summed E-state index contributed by atoms with van der Waals surface area (Å²) in [5.41, 5.74) is -0.238. The second kappa shape index (κ2) is 5.67. The zero-order chi connectivity index (χ0) is 15.7. The molecule has 0 spiro atoms. The first-order valence-electron chi connectivity index (χ1n) is 5.89. The van der Waals surface area contributed by atoms with Crippen LogP contribution in [0.25, 0.3) is 0 Å². The summed E-state index contributed by atoms with van der Waals surface area (Å²) in [5, 5.41) is 0. The second-order valence-corrected chi connectivity index (χ2v) is 5.24. The van der Waals surface area contributed by atoms with Crippen molar-refractivity contribution in [2.75, 3.05) is 26.4 Å². The summed E-state index contributed by atoms with van der Waals surface area (Å²) in [4.78, 5) is 0. The van der Waals surface area contributed by atoms with Crippen LogP contribution in [0.3, 0.4) is 0 Å². The van der Waals surface area contributed by atoms with Crippen LogP contribution in [0.15, 0.2) is 0 Å². The Morgan fingerprint density at radius 1 is 1.05 bits per heavy atom. The van der Waals surface area contributed by atoms with E-state index in [1.165, 1.54) is 0 Å². The second-order valence-electron chi connectivity index (χ2n) is 5.24. The molecule has 2 nitrogen and oxygen atoms in total. The topological polar surface area (TPSA) is 18.5 Å². The van der Waals surface area contributed by atoms with Crippen LogP contribution in [0.4, 0.5) is 30.7 Å². The summed E-state index contributed by atoms with van der Waals surface area (Å²) in [7, 11) is 0. The van der Waals surface area contributed by atoms with Crippen molar-refractivity contribution in [1.82, 2.24) is 0 Å². The first-order valence-corrected chi connectivity index (χ1v) is 5.89. The van der Waals surface area contributed by atoms with Gasteiger partial charge in [0.05, 0.1) is 19.8 Å². The van der Waals surface area contributed by atoms with Gasteiger partial charge in [-0.1, -0.05) is 6.92 Å². The summed E-state index contributed by atoms with van der Waals surface area (Å²) in [6.45, 7) is 2.58. The fourth-order valence-corrected chi connectivity index (χ4v) is 1.61. The molecule has 1 rings (SSSR count). The summed E-state index contributed by atoms with van der Waals surface area (Å²) < 4.78 is 96.3. The lowest BCUT2D eigenvalue weighted by atomic mass is 9.90. The van der Waals surface area contributed by atoms with E-state index in [1.807, 2.05) is 6.92 Å². The van der Waals surface area contributed by atoms with Crippen molar-refractivity contribution in [2.45, 2.75) is 37.8 Å². The zero-order valence-corrected chi connectivity index (χ0v) is 10.7. The van der Waals surface area contributed by atoms with Gasteiger partial charge in [-0.15, -0.1) is 0 Å². The molecular formula is C11H15F7O2. The molecule has 0 aliphatic carbocycles. The van der Waals surface area contributed by atoms with Crippen LogP contribution in [0, 0.1) is 5.41 Å². The first-order chi connectivity index (χ1) is 8.91. The van der Waals surface area contributed by atoms with E-state index in [4.69, 9.17) is 9.47 Å². The third-order valence-electron chi connectivity index (χ3n) is 2.95. The standard InChI is InChI=1S/C11H15F7O2/c1-8(6-20-7-8)5-19-4-2-3-9(12,13)10(14,15)11(16,17)18/h2-7H2,1H3. The van der Waals surface area contributed by atoms with Gasteiger partial charge < -0.3 is 9.47 Å². The highest BCUT2D eigenvalue weighted by atomic mass is 19.4. The molecule has 9 heteroatoms. The van der Waals surface area contributed by atoms with E-state index in [-0.39, 0.29) is 18.6 Å². The van der Waals surface area contributed by atoms with Gasteiger partial charge in [-0.2, -0.15) is 30.7 Å². The molecule has 0 atom stereocenters. The lowest BCUT2D eigenvalue weighted by molar-refractivity contribution is -0.356. The highest BCUT2D eigenvalue weighted by Gasteiger charge is 2.72. The minimum atomic E-state index is -6.27. The maximum Gasteiger partial charge on any atom is 0.459 e. The smallest absolute Gasteiger partial charge is 0.381 e. The van der Waals surface area contributed by atoms with E-state index in [0.717, 1.165) is 0 Å².